The highest BCUT2D eigenvalue weighted by Gasteiger charge is 2.21. The van der Waals surface area contributed by atoms with Crippen molar-refractivity contribution in [2.75, 3.05) is 20.2 Å². The average molecular weight is 270 g/mol. The molecule has 1 aromatic carbocycles. The number of carbonyl (C=O) groups excluding carboxylic acids is 1. The van der Waals surface area contributed by atoms with Gasteiger partial charge >= 0.3 is 0 Å². The maximum absolute atomic E-state index is 12.0. The van der Waals surface area contributed by atoms with E-state index in [1.807, 2.05) is 26.0 Å². The van der Waals surface area contributed by atoms with E-state index < -0.39 is 0 Å². The molecule has 0 bridgehead atoms. The van der Waals surface area contributed by atoms with Gasteiger partial charge < -0.3 is 10.0 Å². The third-order valence-electron chi connectivity index (χ3n) is 2.76. The molecule has 1 amide bonds. The van der Waals surface area contributed by atoms with Gasteiger partial charge in [0.15, 0.2) is 0 Å². The van der Waals surface area contributed by atoms with Gasteiger partial charge in [0, 0.05) is 30.6 Å². The van der Waals surface area contributed by atoms with Crippen LogP contribution in [0.3, 0.4) is 0 Å². The van der Waals surface area contributed by atoms with E-state index in [0.717, 1.165) is 5.56 Å². The Morgan fingerprint density at radius 2 is 2.11 bits per heavy atom. The van der Waals surface area contributed by atoms with Crippen LogP contribution >= 0.6 is 11.6 Å². The number of aliphatic hydroxyl groups is 1. The lowest BCUT2D eigenvalue weighted by Gasteiger charge is -2.28. The van der Waals surface area contributed by atoms with E-state index >= 15 is 0 Å². The summed E-state index contributed by atoms with van der Waals surface area (Å²) in [6.45, 7) is 4.44. The molecule has 0 heterocycles. The summed E-state index contributed by atoms with van der Waals surface area (Å²) < 4.78 is 0. The van der Waals surface area contributed by atoms with Crippen LogP contribution in [0.5, 0.6) is 0 Å². The van der Waals surface area contributed by atoms with Crippen LogP contribution in [0.2, 0.25) is 5.02 Å². The van der Waals surface area contributed by atoms with Crippen molar-refractivity contribution in [1.82, 2.24) is 4.90 Å². The number of hydrogen-bond acceptors (Lipinski definition) is 2. The molecule has 1 rings (SSSR count). The molecule has 0 aliphatic carbocycles. The van der Waals surface area contributed by atoms with Crippen LogP contribution < -0.4 is 0 Å². The van der Waals surface area contributed by atoms with Gasteiger partial charge in [-0.1, -0.05) is 37.6 Å². The minimum Gasteiger partial charge on any atom is -0.396 e. The first-order valence-corrected chi connectivity index (χ1v) is 6.31. The Morgan fingerprint density at radius 1 is 1.44 bits per heavy atom. The van der Waals surface area contributed by atoms with Gasteiger partial charge in [-0.05, 0) is 17.7 Å². The summed E-state index contributed by atoms with van der Waals surface area (Å²) in [6.07, 6.45) is 0.332. The van der Waals surface area contributed by atoms with Crippen molar-refractivity contribution in [1.29, 1.82) is 0 Å². The summed E-state index contributed by atoms with van der Waals surface area (Å²) >= 11 is 5.88. The molecular formula is C14H20ClNO2. The van der Waals surface area contributed by atoms with E-state index in [-0.39, 0.29) is 17.9 Å². The molecule has 3 nitrogen and oxygen atoms in total. The number of rotatable bonds is 5. The summed E-state index contributed by atoms with van der Waals surface area (Å²) in [4.78, 5) is 13.7. The molecule has 1 aromatic rings. The Bertz CT molecular complexity index is 418. The average Bonchev–Trinajstić information content (AvgIpc) is 2.28. The van der Waals surface area contributed by atoms with Crippen molar-refractivity contribution < 1.29 is 9.90 Å². The summed E-state index contributed by atoms with van der Waals surface area (Å²) in [5.41, 5.74) is 0.625. The molecule has 0 spiro atoms. The van der Waals surface area contributed by atoms with Gasteiger partial charge in [0.2, 0.25) is 5.91 Å². The number of carbonyl (C=O) groups is 1. The van der Waals surface area contributed by atoms with E-state index in [9.17, 15) is 9.90 Å². The van der Waals surface area contributed by atoms with E-state index in [0.29, 0.717) is 18.0 Å². The SMILES string of the molecule is CN(CC(C)(C)CO)C(=O)Cc1cccc(Cl)c1. The third kappa shape index (κ3) is 4.67. The highest BCUT2D eigenvalue weighted by Crippen LogP contribution is 2.16. The Kier molecular flexibility index (Phi) is 5.17. The summed E-state index contributed by atoms with van der Waals surface area (Å²) in [6, 6.07) is 7.30. The quantitative estimate of drug-likeness (QED) is 0.892. The van der Waals surface area contributed by atoms with Crippen LogP contribution in [0.4, 0.5) is 0 Å². The molecular weight excluding hydrogens is 250 g/mol. The number of aliphatic hydroxyl groups excluding tert-OH is 1. The topological polar surface area (TPSA) is 40.5 Å². The molecule has 0 aliphatic heterocycles. The smallest absolute Gasteiger partial charge is 0.226 e. The molecule has 1 N–H and O–H groups in total. The maximum atomic E-state index is 12.0. The van der Waals surface area contributed by atoms with Gasteiger partial charge in [0.1, 0.15) is 0 Å². The van der Waals surface area contributed by atoms with E-state index in [4.69, 9.17) is 11.6 Å². The first kappa shape index (κ1) is 15.0. The number of halogens is 1. The Labute approximate surface area is 113 Å². The lowest BCUT2D eigenvalue weighted by atomic mass is 9.94. The zero-order valence-electron chi connectivity index (χ0n) is 11.1. The van der Waals surface area contributed by atoms with Gasteiger partial charge in [-0.3, -0.25) is 4.79 Å². The normalized spacial score (nSPS) is 11.4. The zero-order valence-corrected chi connectivity index (χ0v) is 11.9. The van der Waals surface area contributed by atoms with Crippen LogP contribution in [0, 0.1) is 5.41 Å². The van der Waals surface area contributed by atoms with E-state index in [2.05, 4.69) is 0 Å². The van der Waals surface area contributed by atoms with Crippen molar-refractivity contribution in [3.8, 4) is 0 Å². The van der Waals surface area contributed by atoms with Gasteiger partial charge in [0.05, 0.1) is 6.42 Å². The predicted molar refractivity (Wildman–Crippen MR) is 73.7 cm³/mol. The molecule has 0 fully saturated rings. The largest absolute Gasteiger partial charge is 0.396 e. The lowest BCUT2D eigenvalue weighted by molar-refractivity contribution is -0.130. The second-order valence-corrected chi connectivity index (χ2v) is 5.82. The van der Waals surface area contributed by atoms with Gasteiger partial charge in [-0.15, -0.1) is 0 Å². The number of nitrogens with zero attached hydrogens (tertiary/aromatic N) is 1. The molecule has 0 unspecified atom stereocenters. The highest BCUT2D eigenvalue weighted by atomic mass is 35.5. The molecule has 0 atom stereocenters. The van der Waals surface area contributed by atoms with E-state index in [1.165, 1.54) is 0 Å². The van der Waals surface area contributed by atoms with Crippen LogP contribution in [0.15, 0.2) is 24.3 Å². The summed E-state index contributed by atoms with van der Waals surface area (Å²) in [5.74, 6) is 0.0267. The number of benzene rings is 1. The zero-order chi connectivity index (χ0) is 13.8. The van der Waals surface area contributed by atoms with Crippen LogP contribution in [0.25, 0.3) is 0 Å². The minimum atomic E-state index is -0.279. The summed E-state index contributed by atoms with van der Waals surface area (Å²) in [5, 5.41) is 9.83. The van der Waals surface area contributed by atoms with Crippen LogP contribution in [-0.2, 0) is 11.2 Å². The fraction of sp³-hybridized carbons (Fsp3) is 0.500. The molecule has 100 valence electrons. The number of amides is 1. The van der Waals surface area contributed by atoms with Crippen LogP contribution in [-0.4, -0.2) is 36.1 Å². The summed E-state index contributed by atoms with van der Waals surface area (Å²) in [7, 11) is 1.75. The third-order valence-corrected chi connectivity index (χ3v) is 3.00. The second-order valence-electron chi connectivity index (χ2n) is 5.38. The molecule has 0 radical (unpaired) electrons. The number of likely N-dealkylation sites (N-methyl/N-ethyl adjacent to an activating group) is 1. The number of hydrogen-bond donors (Lipinski definition) is 1. The molecule has 0 aliphatic rings. The predicted octanol–water partition coefficient (Wildman–Crippen LogP) is 2.36. The Balaban J connectivity index is 2.60. The monoisotopic (exact) mass is 269 g/mol. The molecule has 0 saturated heterocycles. The Morgan fingerprint density at radius 3 is 2.67 bits per heavy atom. The van der Waals surface area contributed by atoms with Crippen molar-refractivity contribution in [3.63, 3.8) is 0 Å². The maximum Gasteiger partial charge on any atom is 0.226 e. The van der Waals surface area contributed by atoms with Crippen molar-refractivity contribution >= 4 is 17.5 Å². The van der Waals surface area contributed by atoms with Gasteiger partial charge in [0.25, 0.3) is 0 Å². The van der Waals surface area contributed by atoms with Crippen molar-refractivity contribution in [3.05, 3.63) is 34.9 Å². The second kappa shape index (κ2) is 6.21. The first-order chi connectivity index (χ1) is 8.34. The van der Waals surface area contributed by atoms with Crippen LogP contribution in [0.1, 0.15) is 19.4 Å². The molecule has 0 saturated carbocycles. The van der Waals surface area contributed by atoms with Gasteiger partial charge in [-0.25, -0.2) is 0 Å². The van der Waals surface area contributed by atoms with Gasteiger partial charge in [-0.2, -0.15) is 0 Å². The highest BCUT2D eigenvalue weighted by molar-refractivity contribution is 6.30. The molecule has 18 heavy (non-hydrogen) atoms. The van der Waals surface area contributed by atoms with Crippen molar-refractivity contribution in [2.45, 2.75) is 20.3 Å². The molecule has 0 aromatic heterocycles. The van der Waals surface area contributed by atoms with Crippen molar-refractivity contribution in [2.24, 2.45) is 5.41 Å². The Hall–Kier alpha value is -1.06. The fourth-order valence-electron chi connectivity index (χ4n) is 1.74. The molecule has 4 heteroatoms. The standard InChI is InChI=1S/C14H20ClNO2/c1-14(2,10-17)9-16(3)13(18)8-11-5-4-6-12(15)7-11/h4-7,17H,8-10H2,1-3H3. The van der Waals surface area contributed by atoms with E-state index in [1.54, 1.807) is 24.1 Å². The minimum absolute atomic E-state index is 0.0267. The first-order valence-electron chi connectivity index (χ1n) is 5.93. The fourth-order valence-corrected chi connectivity index (χ4v) is 1.95. The lowest BCUT2D eigenvalue weighted by Crippen LogP contribution is -2.38.